The highest BCUT2D eigenvalue weighted by atomic mass is 35.5. The zero-order valence-electron chi connectivity index (χ0n) is 8.14. The fraction of sp³-hybridized carbons (Fsp3) is 0.200. The first-order valence-electron chi connectivity index (χ1n) is 4.16. The molecule has 0 radical (unpaired) electrons. The van der Waals surface area contributed by atoms with E-state index in [4.69, 9.17) is 21.1 Å². The molecule has 5 heteroatoms. The Morgan fingerprint density at radius 3 is 2.67 bits per heavy atom. The van der Waals surface area contributed by atoms with Gasteiger partial charge in [0, 0.05) is 11.4 Å². The monoisotopic (exact) mass is 246 g/mol. The number of halogens is 2. The third-order valence-corrected chi connectivity index (χ3v) is 3.50. The standard InChI is InChI=1S/C10H8ClFO2S/c1-13-7-3-6(12)8-5(11)4-15-10(8)9(7)14-2/h3-4H,1-2H3. The number of methoxy groups -OCH3 is 2. The van der Waals surface area contributed by atoms with Gasteiger partial charge in [0.1, 0.15) is 5.82 Å². The lowest BCUT2D eigenvalue weighted by Crippen LogP contribution is -1.92. The summed E-state index contributed by atoms with van der Waals surface area (Å²) in [6.45, 7) is 0. The zero-order valence-corrected chi connectivity index (χ0v) is 9.71. The second kappa shape index (κ2) is 3.87. The SMILES string of the molecule is COc1cc(F)c2c(Cl)csc2c1OC. The second-order valence-electron chi connectivity index (χ2n) is 2.88. The summed E-state index contributed by atoms with van der Waals surface area (Å²) in [4.78, 5) is 0. The zero-order chi connectivity index (χ0) is 11.0. The van der Waals surface area contributed by atoms with Gasteiger partial charge in [0.25, 0.3) is 0 Å². The van der Waals surface area contributed by atoms with Crippen LogP contribution in [-0.4, -0.2) is 14.2 Å². The van der Waals surface area contributed by atoms with E-state index in [-0.39, 0.29) is 0 Å². The number of fused-ring (bicyclic) bond motifs is 1. The molecule has 0 N–H and O–H groups in total. The Bertz CT molecular complexity index is 510. The van der Waals surface area contributed by atoms with E-state index in [1.54, 1.807) is 5.38 Å². The van der Waals surface area contributed by atoms with Gasteiger partial charge in [-0.05, 0) is 0 Å². The van der Waals surface area contributed by atoms with Gasteiger partial charge in [0.2, 0.25) is 0 Å². The maximum Gasteiger partial charge on any atom is 0.178 e. The molecule has 0 saturated carbocycles. The minimum Gasteiger partial charge on any atom is -0.493 e. The van der Waals surface area contributed by atoms with Gasteiger partial charge in [-0.3, -0.25) is 0 Å². The van der Waals surface area contributed by atoms with Crippen molar-refractivity contribution in [3.05, 3.63) is 22.3 Å². The van der Waals surface area contributed by atoms with Gasteiger partial charge in [-0.2, -0.15) is 0 Å². The highest BCUT2D eigenvalue weighted by molar-refractivity contribution is 7.18. The number of benzene rings is 1. The minimum absolute atomic E-state index is 0.376. The molecule has 2 rings (SSSR count). The van der Waals surface area contributed by atoms with E-state index in [2.05, 4.69) is 0 Å². The van der Waals surface area contributed by atoms with Crippen molar-refractivity contribution in [1.82, 2.24) is 0 Å². The van der Waals surface area contributed by atoms with E-state index in [0.29, 0.717) is 26.6 Å². The van der Waals surface area contributed by atoms with Gasteiger partial charge < -0.3 is 9.47 Å². The molecule has 1 aromatic carbocycles. The molecule has 15 heavy (non-hydrogen) atoms. The van der Waals surface area contributed by atoms with Crippen LogP contribution in [0.2, 0.25) is 5.02 Å². The van der Waals surface area contributed by atoms with Crippen molar-refractivity contribution < 1.29 is 13.9 Å². The number of rotatable bonds is 2. The normalized spacial score (nSPS) is 10.7. The van der Waals surface area contributed by atoms with Gasteiger partial charge in [-0.25, -0.2) is 4.39 Å². The lowest BCUT2D eigenvalue weighted by Gasteiger charge is -2.08. The molecule has 0 fully saturated rings. The summed E-state index contributed by atoms with van der Waals surface area (Å²) in [5, 5.41) is 2.46. The lowest BCUT2D eigenvalue weighted by molar-refractivity contribution is 0.357. The van der Waals surface area contributed by atoms with Crippen molar-refractivity contribution in [2.24, 2.45) is 0 Å². The fourth-order valence-corrected chi connectivity index (χ4v) is 2.77. The van der Waals surface area contributed by atoms with Gasteiger partial charge >= 0.3 is 0 Å². The van der Waals surface area contributed by atoms with Crippen LogP contribution in [0.5, 0.6) is 11.5 Å². The predicted molar refractivity (Wildman–Crippen MR) is 59.9 cm³/mol. The molecule has 0 aliphatic rings. The quantitative estimate of drug-likeness (QED) is 0.804. The Balaban J connectivity index is 2.86. The maximum absolute atomic E-state index is 13.6. The number of hydrogen-bond donors (Lipinski definition) is 0. The minimum atomic E-state index is -0.395. The number of hydrogen-bond acceptors (Lipinski definition) is 3. The van der Waals surface area contributed by atoms with Gasteiger partial charge in [-0.1, -0.05) is 11.6 Å². The summed E-state index contributed by atoms with van der Waals surface area (Å²) < 4.78 is 24.5. The topological polar surface area (TPSA) is 18.5 Å². The highest BCUT2D eigenvalue weighted by Crippen LogP contribution is 2.43. The van der Waals surface area contributed by atoms with Crippen molar-refractivity contribution >= 4 is 33.0 Å². The summed E-state index contributed by atoms with van der Waals surface area (Å²) >= 11 is 7.21. The fourth-order valence-electron chi connectivity index (χ4n) is 1.44. The first-order chi connectivity index (χ1) is 7.19. The van der Waals surface area contributed by atoms with E-state index >= 15 is 0 Å². The Hall–Kier alpha value is -1.00. The highest BCUT2D eigenvalue weighted by Gasteiger charge is 2.17. The molecule has 1 aromatic heterocycles. The van der Waals surface area contributed by atoms with Crippen LogP contribution in [0.1, 0.15) is 0 Å². The van der Waals surface area contributed by atoms with Crippen molar-refractivity contribution in [1.29, 1.82) is 0 Å². The number of ether oxygens (including phenoxy) is 2. The van der Waals surface area contributed by atoms with Crippen LogP contribution in [0, 0.1) is 5.82 Å². The van der Waals surface area contributed by atoms with Crippen molar-refractivity contribution in [2.75, 3.05) is 14.2 Å². The Morgan fingerprint density at radius 2 is 2.07 bits per heavy atom. The average Bonchev–Trinajstić information content (AvgIpc) is 2.61. The third-order valence-electron chi connectivity index (χ3n) is 2.10. The first-order valence-corrected chi connectivity index (χ1v) is 5.42. The summed E-state index contributed by atoms with van der Waals surface area (Å²) in [5.74, 6) is 0.501. The molecule has 2 nitrogen and oxygen atoms in total. The maximum atomic E-state index is 13.6. The second-order valence-corrected chi connectivity index (χ2v) is 4.17. The molecule has 0 unspecified atom stereocenters. The Kier molecular flexibility index (Phi) is 2.71. The van der Waals surface area contributed by atoms with E-state index in [1.807, 2.05) is 0 Å². The molecule has 0 amide bonds. The molecule has 0 spiro atoms. The van der Waals surface area contributed by atoms with Crippen LogP contribution in [0.25, 0.3) is 10.1 Å². The largest absolute Gasteiger partial charge is 0.493 e. The molecule has 80 valence electrons. The van der Waals surface area contributed by atoms with Crippen LogP contribution < -0.4 is 9.47 Å². The molecule has 2 aromatic rings. The molecule has 0 atom stereocenters. The van der Waals surface area contributed by atoms with Crippen LogP contribution in [0.3, 0.4) is 0 Å². The number of thiophene rings is 1. The van der Waals surface area contributed by atoms with Crippen molar-refractivity contribution in [3.8, 4) is 11.5 Å². The van der Waals surface area contributed by atoms with Crippen LogP contribution in [0.15, 0.2) is 11.4 Å². The molecule has 0 aliphatic heterocycles. The summed E-state index contributed by atoms with van der Waals surface area (Å²) in [5.41, 5.74) is 0. The van der Waals surface area contributed by atoms with E-state index in [0.717, 1.165) is 0 Å². The van der Waals surface area contributed by atoms with Gasteiger partial charge in [-0.15, -0.1) is 11.3 Å². The summed E-state index contributed by atoms with van der Waals surface area (Å²) in [7, 11) is 2.99. The average molecular weight is 247 g/mol. The third kappa shape index (κ3) is 1.54. The van der Waals surface area contributed by atoms with Crippen LogP contribution in [-0.2, 0) is 0 Å². The smallest absolute Gasteiger partial charge is 0.178 e. The van der Waals surface area contributed by atoms with Gasteiger partial charge in [0.05, 0.1) is 29.3 Å². The molecule has 0 bridgehead atoms. The molecular weight excluding hydrogens is 239 g/mol. The van der Waals surface area contributed by atoms with Crippen molar-refractivity contribution in [3.63, 3.8) is 0 Å². The molecular formula is C10H8ClFO2S. The lowest BCUT2D eigenvalue weighted by atomic mass is 10.2. The summed E-state index contributed by atoms with van der Waals surface area (Å²) in [6, 6.07) is 1.28. The Labute approximate surface area is 95.2 Å². The van der Waals surface area contributed by atoms with Gasteiger partial charge in [0.15, 0.2) is 11.5 Å². The van der Waals surface area contributed by atoms with E-state index in [1.165, 1.54) is 31.6 Å². The molecule has 1 heterocycles. The van der Waals surface area contributed by atoms with E-state index < -0.39 is 5.82 Å². The van der Waals surface area contributed by atoms with Crippen LogP contribution in [0.4, 0.5) is 4.39 Å². The Morgan fingerprint density at radius 1 is 1.33 bits per heavy atom. The van der Waals surface area contributed by atoms with Crippen molar-refractivity contribution in [2.45, 2.75) is 0 Å². The molecule has 0 aliphatic carbocycles. The summed E-state index contributed by atoms with van der Waals surface area (Å²) in [6.07, 6.45) is 0. The van der Waals surface area contributed by atoms with E-state index in [9.17, 15) is 4.39 Å². The predicted octanol–water partition coefficient (Wildman–Crippen LogP) is 3.71. The first kappa shape index (κ1) is 10.5. The van der Waals surface area contributed by atoms with Crippen LogP contribution >= 0.6 is 22.9 Å². The molecule has 0 saturated heterocycles.